The summed E-state index contributed by atoms with van der Waals surface area (Å²) in [6.45, 7) is 0. The first-order valence-corrected chi connectivity index (χ1v) is 11.9. The normalized spacial score (nSPS) is 17.6. The molecule has 0 bridgehead atoms. The van der Waals surface area contributed by atoms with Gasteiger partial charge in [0.25, 0.3) is 0 Å². The van der Waals surface area contributed by atoms with E-state index < -0.39 is 35.6 Å². The zero-order valence-electron chi connectivity index (χ0n) is 19.7. The number of anilines is 2. The van der Waals surface area contributed by atoms with Crippen molar-refractivity contribution in [2.45, 2.75) is 31.9 Å². The lowest BCUT2D eigenvalue weighted by Gasteiger charge is -2.27. The van der Waals surface area contributed by atoms with Crippen molar-refractivity contribution in [3.8, 4) is 11.1 Å². The van der Waals surface area contributed by atoms with Crippen LogP contribution >= 0.6 is 0 Å². The van der Waals surface area contributed by atoms with Crippen LogP contribution in [-0.2, 0) is 11.0 Å². The Morgan fingerprint density at radius 3 is 1.92 bits per heavy atom. The highest BCUT2D eigenvalue weighted by Gasteiger charge is 2.36. The van der Waals surface area contributed by atoms with Crippen molar-refractivity contribution in [3.63, 3.8) is 0 Å². The number of alkyl halides is 3. The number of Topliss-reactive ketones (excluding diaryl/α,β-unsaturated/α-hetero) is 1. The van der Waals surface area contributed by atoms with Crippen LogP contribution in [-0.4, -0.2) is 22.9 Å². The molecule has 0 radical (unpaired) electrons. The molecule has 37 heavy (non-hydrogen) atoms. The topological polar surface area (TPSA) is 95.5 Å². The Morgan fingerprint density at radius 2 is 1.32 bits per heavy atom. The van der Waals surface area contributed by atoms with Gasteiger partial charge in [-0.3, -0.25) is 9.59 Å². The van der Waals surface area contributed by atoms with Gasteiger partial charge in [-0.25, -0.2) is 4.79 Å². The number of ketones is 1. The second-order valence-electron chi connectivity index (χ2n) is 8.98. The van der Waals surface area contributed by atoms with Gasteiger partial charge in [0, 0.05) is 17.2 Å². The minimum Gasteiger partial charge on any atom is -0.481 e. The van der Waals surface area contributed by atoms with Crippen molar-refractivity contribution in [3.05, 3.63) is 83.9 Å². The molecule has 1 aliphatic carbocycles. The van der Waals surface area contributed by atoms with E-state index in [0.717, 1.165) is 30.0 Å². The van der Waals surface area contributed by atoms with Crippen LogP contribution in [0.1, 0.15) is 41.6 Å². The van der Waals surface area contributed by atoms with Crippen LogP contribution in [0.2, 0.25) is 0 Å². The standard InChI is InChI=1S/C28H25F3N2O4/c29-28(30,31)23-7-3-4-8-24(23)33-27(37)32-20-15-13-18(14-16-20)17-9-11-19(12-10-17)25(34)21-5-1-2-6-22(21)26(35)36/h3-4,7-16,21-22H,1-2,5-6H2,(H,35,36)(H2,32,33,37)/t21-,22-/m1/s1. The summed E-state index contributed by atoms with van der Waals surface area (Å²) in [5, 5.41) is 14.2. The molecule has 1 fully saturated rings. The summed E-state index contributed by atoms with van der Waals surface area (Å²) in [5.41, 5.74) is 1.18. The molecule has 3 aromatic carbocycles. The minimum atomic E-state index is -4.60. The molecule has 1 saturated carbocycles. The Labute approximate surface area is 211 Å². The molecular formula is C28H25F3N2O4. The first-order chi connectivity index (χ1) is 17.6. The molecule has 6 nitrogen and oxygen atoms in total. The maximum atomic E-state index is 13.1. The fourth-order valence-corrected chi connectivity index (χ4v) is 4.65. The molecule has 9 heteroatoms. The van der Waals surface area contributed by atoms with E-state index in [1.807, 2.05) is 0 Å². The smallest absolute Gasteiger partial charge is 0.418 e. The average molecular weight is 511 g/mol. The van der Waals surface area contributed by atoms with E-state index in [1.165, 1.54) is 18.2 Å². The van der Waals surface area contributed by atoms with Crippen molar-refractivity contribution in [2.24, 2.45) is 11.8 Å². The molecule has 2 amide bonds. The molecule has 3 aromatic rings. The summed E-state index contributed by atoms with van der Waals surface area (Å²) < 4.78 is 39.4. The summed E-state index contributed by atoms with van der Waals surface area (Å²) in [7, 11) is 0. The fourth-order valence-electron chi connectivity index (χ4n) is 4.65. The third-order valence-corrected chi connectivity index (χ3v) is 6.55. The molecule has 0 spiro atoms. The highest BCUT2D eigenvalue weighted by atomic mass is 19.4. The zero-order valence-corrected chi connectivity index (χ0v) is 19.7. The molecule has 0 unspecified atom stereocenters. The first-order valence-electron chi connectivity index (χ1n) is 11.9. The number of hydrogen-bond donors (Lipinski definition) is 3. The van der Waals surface area contributed by atoms with E-state index >= 15 is 0 Å². The number of carbonyl (C=O) groups is 3. The maximum Gasteiger partial charge on any atom is 0.418 e. The van der Waals surface area contributed by atoms with Gasteiger partial charge >= 0.3 is 18.2 Å². The van der Waals surface area contributed by atoms with Crippen LogP contribution < -0.4 is 10.6 Å². The highest BCUT2D eigenvalue weighted by Crippen LogP contribution is 2.35. The summed E-state index contributed by atoms with van der Waals surface area (Å²) >= 11 is 0. The molecule has 2 atom stereocenters. The summed E-state index contributed by atoms with van der Waals surface area (Å²) in [4.78, 5) is 36.8. The van der Waals surface area contributed by atoms with E-state index in [-0.39, 0.29) is 11.5 Å². The lowest BCUT2D eigenvalue weighted by molar-refractivity contribution is -0.144. The molecular weight excluding hydrogens is 485 g/mol. The number of rotatable bonds is 6. The third kappa shape index (κ3) is 6.17. The molecule has 4 rings (SSSR count). The van der Waals surface area contributed by atoms with Gasteiger partial charge in [-0.15, -0.1) is 0 Å². The van der Waals surface area contributed by atoms with Gasteiger partial charge in [-0.05, 0) is 48.2 Å². The van der Waals surface area contributed by atoms with Crippen molar-refractivity contribution >= 4 is 29.2 Å². The molecule has 0 aromatic heterocycles. The van der Waals surface area contributed by atoms with Crippen molar-refractivity contribution < 1.29 is 32.7 Å². The Bertz CT molecular complexity index is 1290. The number of benzene rings is 3. The van der Waals surface area contributed by atoms with Crippen molar-refractivity contribution in [1.82, 2.24) is 0 Å². The van der Waals surface area contributed by atoms with Crippen LogP contribution in [0.3, 0.4) is 0 Å². The number of halogens is 3. The van der Waals surface area contributed by atoms with Crippen LogP contribution in [0.4, 0.5) is 29.3 Å². The van der Waals surface area contributed by atoms with Gasteiger partial charge in [0.2, 0.25) is 0 Å². The lowest BCUT2D eigenvalue weighted by Crippen LogP contribution is -2.32. The van der Waals surface area contributed by atoms with E-state index in [2.05, 4.69) is 10.6 Å². The van der Waals surface area contributed by atoms with Gasteiger partial charge in [0.05, 0.1) is 17.2 Å². The minimum absolute atomic E-state index is 0.156. The first kappa shape index (κ1) is 25.9. The molecule has 0 saturated heterocycles. The Kier molecular flexibility index (Phi) is 7.61. The maximum absolute atomic E-state index is 13.1. The molecule has 0 aliphatic heterocycles. The third-order valence-electron chi connectivity index (χ3n) is 6.55. The molecule has 1 aliphatic rings. The van der Waals surface area contributed by atoms with Crippen LogP contribution in [0, 0.1) is 11.8 Å². The summed E-state index contributed by atoms with van der Waals surface area (Å²) in [6.07, 6.45) is -1.86. The predicted octanol–water partition coefficient (Wildman–Crippen LogP) is 7.09. The van der Waals surface area contributed by atoms with E-state index in [1.54, 1.807) is 48.5 Å². The molecule has 3 N–H and O–H groups in total. The van der Waals surface area contributed by atoms with Crippen LogP contribution in [0.25, 0.3) is 11.1 Å². The van der Waals surface area contributed by atoms with Crippen molar-refractivity contribution in [2.75, 3.05) is 10.6 Å². The van der Waals surface area contributed by atoms with E-state index in [4.69, 9.17) is 0 Å². The van der Waals surface area contributed by atoms with Gasteiger partial charge < -0.3 is 15.7 Å². The second kappa shape index (κ2) is 10.9. The number of carboxylic acid groups (broad SMARTS) is 1. The van der Waals surface area contributed by atoms with Gasteiger partial charge in [0.1, 0.15) is 0 Å². The number of para-hydroxylation sites is 1. The Balaban J connectivity index is 1.40. The van der Waals surface area contributed by atoms with Gasteiger partial charge in [-0.1, -0.05) is 61.4 Å². The largest absolute Gasteiger partial charge is 0.481 e. The number of carboxylic acids is 1. The predicted molar refractivity (Wildman–Crippen MR) is 133 cm³/mol. The number of amides is 2. The quantitative estimate of drug-likeness (QED) is 0.309. The number of urea groups is 1. The van der Waals surface area contributed by atoms with E-state index in [0.29, 0.717) is 24.1 Å². The van der Waals surface area contributed by atoms with Gasteiger partial charge in [-0.2, -0.15) is 13.2 Å². The van der Waals surface area contributed by atoms with Crippen molar-refractivity contribution in [1.29, 1.82) is 0 Å². The Hall–Kier alpha value is -4.14. The number of hydrogen-bond acceptors (Lipinski definition) is 3. The second-order valence-corrected chi connectivity index (χ2v) is 8.98. The number of nitrogens with one attached hydrogen (secondary N) is 2. The SMILES string of the molecule is O=C(Nc1ccc(-c2ccc(C(=O)[C@@H]3CCCC[C@H]3C(=O)O)cc2)cc1)Nc1ccccc1C(F)(F)F. The summed E-state index contributed by atoms with van der Waals surface area (Å²) in [6, 6.07) is 17.5. The number of carbonyl (C=O) groups excluding carboxylic acids is 2. The highest BCUT2D eigenvalue weighted by molar-refractivity contribution is 6.01. The number of aliphatic carboxylic acids is 1. The lowest BCUT2D eigenvalue weighted by atomic mass is 9.75. The fraction of sp³-hybridized carbons (Fsp3) is 0.250. The summed E-state index contributed by atoms with van der Waals surface area (Å²) in [5.74, 6) is -2.25. The van der Waals surface area contributed by atoms with Gasteiger partial charge in [0.15, 0.2) is 5.78 Å². The molecule has 0 heterocycles. The monoisotopic (exact) mass is 510 g/mol. The van der Waals surface area contributed by atoms with Crippen LogP contribution in [0.15, 0.2) is 72.8 Å². The van der Waals surface area contributed by atoms with Crippen LogP contribution in [0.5, 0.6) is 0 Å². The van der Waals surface area contributed by atoms with E-state index in [9.17, 15) is 32.7 Å². The Morgan fingerprint density at radius 1 is 0.757 bits per heavy atom. The molecule has 192 valence electrons. The zero-order chi connectivity index (χ0) is 26.6. The average Bonchev–Trinajstić information content (AvgIpc) is 2.88.